The minimum absolute atomic E-state index is 0.117. The minimum Gasteiger partial charge on any atom is -0.351 e. The second kappa shape index (κ2) is 5.40. The standard InChI is InChI=1S/C17H16N2O2/c1-11-10-16(21-19-11)17(20)18-12(2)14-9-5-7-13-6-3-4-8-15(13)14/h3-10,12H,1-2H3,(H,18,20). The fourth-order valence-corrected chi connectivity index (χ4v) is 2.44. The van der Waals surface area contributed by atoms with Crippen LogP contribution in [0.15, 0.2) is 53.1 Å². The van der Waals surface area contributed by atoms with Crippen LogP contribution in [-0.2, 0) is 0 Å². The number of hydrogen-bond acceptors (Lipinski definition) is 3. The maximum Gasteiger partial charge on any atom is 0.290 e. The predicted molar refractivity (Wildman–Crippen MR) is 81.1 cm³/mol. The summed E-state index contributed by atoms with van der Waals surface area (Å²) in [6.07, 6.45) is 0. The fourth-order valence-electron chi connectivity index (χ4n) is 2.44. The molecule has 4 nitrogen and oxygen atoms in total. The number of hydrogen-bond donors (Lipinski definition) is 1. The van der Waals surface area contributed by atoms with E-state index in [-0.39, 0.29) is 17.7 Å². The average Bonchev–Trinajstić information content (AvgIpc) is 2.93. The number of nitrogens with one attached hydrogen (secondary N) is 1. The molecule has 0 bridgehead atoms. The van der Waals surface area contributed by atoms with Crippen LogP contribution in [0.2, 0.25) is 0 Å². The molecule has 0 aliphatic carbocycles. The topological polar surface area (TPSA) is 55.1 Å². The summed E-state index contributed by atoms with van der Waals surface area (Å²) in [6.45, 7) is 3.75. The Morgan fingerprint density at radius 3 is 2.71 bits per heavy atom. The number of benzene rings is 2. The van der Waals surface area contributed by atoms with Crippen molar-refractivity contribution in [2.24, 2.45) is 0 Å². The lowest BCUT2D eigenvalue weighted by Crippen LogP contribution is -2.26. The molecule has 1 aromatic heterocycles. The summed E-state index contributed by atoms with van der Waals surface area (Å²) in [6, 6.07) is 15.7. The summed E-state index contributed by atoms with van der Waals surface area (Å²) in [5, 5.41) is 8.98. The molecule has 21 heavy (non-hydrogen) atoms. The number of fused-ring (bicyclic) bond motifs is 1. The molecule has 0 radical (unpaired) electrons. The van der Waals surface area contributed by atoms with E-state index in [9.17, 15) is 4.79 Å². The first kappa shape index (κ1) is 13.4. The molecule has 0 aliphatic rings. The first-order valence-corrected chi connectivity index (χ1v) is 6.87. The molecule has 1 unspecified atom stereocenters. The Hall–Kier alpha value is -2.62. The van der Waals surface area contributed by atoms with Crippen LogP contribution in [0, 0.1) is 6.92 Å². The molecule has 0 saturated carbocycles. The molecular weight excluding hydrogens is 264 g/mol. The quantitative estimate of drug-likeness (QED) is 0.797. The second-order valence-electron chi connectivity index (χ2n) is 5.10. The lowest BCUT2D eigenvalue weighted by molar-refractivity contribution is 0.0903. The van der Waals surface area contributed by atoms with E-state index < -0.39 is 0 Å². The van der Waals surface area contributed by atoms with Gasteiger partial charge in [0.2, 0.25) is 5.76 Å². The number of aromatic nitrogens is 1. The predicted octanol–water partition coefficient (Wildman–Crippen LogP) is 3.63. The fraction of sp³-hybridized carbons (Fsp3) is 0.176. The third-order valence-electron chi connectivity index (χ3n) is 3.49. The van der Waals surface area contributed by atoms with Gasteiger partial charge in [0.1, 0.15) is 0 Å². The SMILES string of the molecule is Cc1cc(C(=O)NC(C)c2cccc3ccccc23)on1. The van der Waals surface area contributed by atoms with Crippen LogP contribution >= 0.6 is 0 Å². The van der Waals surface area contributed by atoms with Gasteiger partial charge in [-0.2, -0.15) is 0 Å². The van der Waals surface area contributed by atoms with Crippen molar-refractivity contribution in [2.75, 3.05) is 0 Å². The summed E-state index contributed by atoms with van der Waals surface area (Å²) < 4.78 is 4.99. The van der Waals surface area contributed by atoms with Gasteiger partial charge in [-0.1, -0.05) is 47.6 Å². The smallest absolute Gasteiger partial charge is 0.290 e. The van der Waals surface area contributed by atoms with Gasteiger partial charge < -0.3 is 9.84 Å². The van der Waals surface area contributed by atoms with Crippen molar-refractivity contribution in [3.63, 3.8) is 0 Å². The Balaban J connectivity index is 1.87. The van der Waals surface area contributed by atoms with E-state index in [0.29, 0.717) is 5.69 Å². The van der Waals surface area contributed by atoms with Gasteiger partial charge in [-0.15, -0.1) is 0 Å². The van der Waals surface area contributed by atoms with Gasteiger partial charge in [0.25, 0.3) is 5.91 Å². The molecule has 1 amide bonds. The Morgan fingerprint density at radius 1 is 1.19 bits per heavy atom. The minimum atomic E-state index is -0.254. The summed E-state index contributed by atoms with van der Waals surface area (Å²) >= 11 is 0. The van der Waals surface area contributed by atoms with Crippen molar-refractivity contribution in [3.05, 3.63) is 65.5 Å². The van der Waals surface area contributed by atoms with E-state index in [1.165, 1.54) is 0 Å². The van der Waals surface area contributed by atoms with Gasteiger partial charge in [-0.05, 0) is 30.2 Å². The summed E-state index contributed by atoms with van der Waals surface area (Å²) in [7, 11) is 0. The third-order valence-corrected chi connectivity index (χ3v) is 3.49. The van der Waals surface area contributed by atoms with Crippen LogP contribution in [-0.4, -0.2) is 11.1 Å². The number of carbonyl (C=O) groups is 1. The Morgan fingerprint density at radius 2 is 1.95 bits per heavy atom. The van der Waals surface area contributed by atoms with E-state index in [4.69, 9.17) is 4.52 Å². The van der Waals surface area contributed by atoms with Crippen molar-refractivity contribution in [2.45, 2.75) is 19.9 Å². The van der Waals surface area contributed by atoms with E-state index in [1.54, 1.807) is 13.0 Å². The number of aryl methyl sites for hydroxylation is 1. The molecule has 1 N–H and O–H groups in total. The first-order valence-electron chi connectivity index (χ1n) is 6.87. The average molecular weight is 280 g/mol. The van der Waals surface area contributed by atoms with Crippen molar-refractivity contribution in [1.29, 1.82) is 0 Å². The maximum atomic E-state index is 12.1. The Bertz CT molecular complexity index is 787. The largest absolute Gasteiger partial charge is 0.351 e. The van der Waals surface area contributed by atoms with Crippen LogP contribution in [0.1, 0.15) is 34.8 Å². The molecule has 0 fully saturated rings. The molecule has 1 heterocycles. The molecular formula is C17H16N2O2. The van der Waals surface area contributed by atoms with Crippen molar-refractivity contribution < 1.29 is 9.32 Å². The van der Waals surface area contributed by atoms with Gasteiger partial charge in [0, 0.05) is 6.07 Å². The van der Waals surface area contributed by atoms with Crippen LogP contribution < -0.4 is 5.32 Å². The highest BCUT2D eigenvalue weighted by Crippen LogP contribution is 2.24. The highest BCUT2D eigenvalue weighted by atomic mass is 16.5. The Labute approximate surface area is 122 Å². The number of amides is 1. The van der Waals surface area contributed by atoms with Crippen molar-refractivity contribution in [1.82, 2.24) is 10.5 Å². The number of rotatable bonds is 3. The summed E-state index contributed by atoms with van der Waals surface area (Å²) in [5.41, 5.74) is 1.77. The zero-order valence-corrected chi connectivity index (χ0v) is 12.0. The first-order chi connectivity index (χ1) is 10.1. The van der Waals surface area contributed by atoms with Crippen molar-refractivity contribution in [3.8, 4) is 0 Å². The summed E-state index contributed by atoms with van der Waals surface area (Å²) in [5.74, 6) is -0.0179. The van der Waals surface area contributed by atoms with Crippen LogP contribution in [0.25, 0.3) is 10.8 Å². The monoisotopic (exact) mass is 280 g/mol. The molecule has 1 atom stereocenters. The van der Waals surface area contributed by atoms with E-state index in [2.05, 4.69) is 28.7 Å². The van der Waals surface area contributed by atoms with Crippen LogP contribution in [0.4, 0.5) is 0 Å². The number of nitrogens with zero attached hydrogens (tertiary/aromatic N) is 1. The Kier molecular flexibility index (Phi) is 3.44. The molecule has 3 aromatic rings. The van der Waals surface area contributed by atoms with Gasteiger partial charge in [-0.3, -0.25) is 4.79 Å². The van der Waals surface area contributed by atoms with Gasteiger partial charge >= 0.3 is 0 Å². The highest BCUT2D eigenvalue weighted by Gasteiger charge is 2.16. The van der Waals surface area contributed by atoms with Crippen LogP contribution in [0.5, 0.6) is 0 Å². The molecule has 2 aromatic carbocycles. The molecule has 106 valence electrons. The van der Waals surface area contributed by atoms with Gasteiger partial charge in [0.15, 0.2) is 0 Å². The van der Waals surface area contributed by atoms with Gasteiger partial charge in [-0.25, -0.2) is 0 Å². The normalized spacial score (nSPS) is 12.3. The van der Waals surface area contributed by atoms with Gasteiger partial charge in [0.05, 0.1) is 11.7 Å². The molecule has 0 saturated heterocycles. The highest BCUT2D eigenvalue weighted by molar-refractivity contribution is 5.92. The summed E-state index contributed by atoms with van der Waals surface area (Å²) in [4.78, 5) is 12.1. The van der Waals surface area contributed by atoms with E-state index in [1.807, 2.05) is 31.2 Å². The maximum absolute atomic E-state index is 12.1. The molecule has 0 aliphatic heterocycles. The lowest BCUT2D eigenvalue weighted by atomic mass is 9.99. The molecule has 3 rings (SSSR count). The third kappa shape index (κ3) is 2.65. The van der Waals surface area contributed by atoms with Crippen molar-refractivity contribution >= 4 is 16.7 Å². The number of carbonyl (C=O) groups excluding carboxylic acids is 1. The van der Waals surface area contributed by atoms with E-state index in [0.717, 1.165) is 16.3 Å². The molecule has 0 spiro atoms. The van der Waals surface area contributed by atoms with Crippen LogP contribution in [0.3, 0.4) is 0 Å². The van der Waals surface area contributed by atoms with E-state index >= 15 is 0 Å². The zero-order valence-electron chi connectivity index (χ0n) is 12.0. The lowest BCUT2D eigenvalue weighted by Gasteiger charge is -2.15. The second-order valence-corrected chi connectivity index (χ2v) is 5.10. The zero-order chi connectivity index (χ0) is 14.8. The molecule has 4 heteroatoms.